The molecule has 0 saturated heterocycles. The SMILES string of the molecule is CCNCc1sccc1S(=O)(=O)Nc1ccc(Br)cc1Br. The third-order valence-electron chi connectivity index (χ3n) is 2.71. The summed E-state index contributed by atoms with van der Waals surface area (Å²) in [6.45, 7) is 3.33. The van der Waals surface area contributed by atoms with Crippen molar-refractivity contribution >= 4 is 58.9 Å². The Hall–Kier alpha value is -0.410. The Balaban J connectivity index is 2.28. The summed E-state index contributed by atoms with van der Waals surface area (Å²) in [6, 6.07) is 6.93. The average molecular weight is 454 g/mol. The Kier molecular flexibility index (Phi) is 5.84. The van der Waals surface area contributed by atoms with E-state index in [1.807, 2.05) is 6.92 Å². The Bertz CT molecular complexity index is 730. The van der Waals surface area contributed by atoms with E-state index in [0.29, 0.717) is 21.6 Å². The molecule has 0 radical (unpaired) electrons. The van der Waals surface area contributed by atoms with Crippen LogP contribution in [0.3, 0.4) is 0 Å². The van der Waals surface area contributed by atoms with Crippen LogP contribution in [0, 0.1) is 0 Å². The first-order valence-electron chi connectivity index (χ1n) is 6.19. The van der Waals surface area contributed by atoms with Crippen LogP contribution in [0.4, 0.5) is 5.69 Å². The first-order chi connectivity index (χ1) is 9.94. The molecule has 0 amide bonds. The van der Waals surface area contributed by atoms with E-state index in [9.17, 15) is 8.42 Å². The Labute approximate surface area is 145 Å². The fourth-order valence-corrected chi connectivity index (χ4v) is 5.48. The van der Waals surface area contributed by atoms with Gasteiger partial charge < -0.3 is 5.32 Å². The van der Waals surface area contributed by atoms with E-state index in [1.165, 1.54) is 11.3 Å². The van der Waals surface area contributed by atoms with Crippen molar-refractivity contribution in [2.45, 2.75) is 18.4 Å². The minimum absolute atomic E-state index is 0.322. The summed E-state index contributed by atoms with van der Waals surface area (Å²) in [7, 11) is -3.59. The molecular formula is C13H14Br2N2O2S2. The fraction of sp³-hybridized carbons (Fsp3) is 0.231. The number of sulfonamides is 1. The summed E-state index contributed by atoms with van der Waals surface area (Å²) in [5, 5.41) is 4.94. The lowest BCUT2D eigenvalue weighted by atomic mass is 10.3. The van der Waals surface area contributed by atoms with Gasteiger partial charge >= 0.3 is 0 Å². The molecule has 0 aliphatic carbocycles. The highest BCUT2D eigenvalue weighted by atomic mass is 79.9. The van der Waals surface area contributed by atoms with Gasteiger partial charge in [-0.3, -0.25) is 4.72 Å². The van der Waals surface area contributed by atoms with Crippen molar-refractivity contribution in [1.29, 1.82) is 0 Å². The lowest BCUT2D eigenvalue weighted by Crippen LogP contribution is -2.17. The summed E-state index contributed by atoms with van der Waals surface area (Å²) < 4.78 is 29.2. The zero-order valence-electron chi connectivity index (χ0n) is 11.2. The molecule has 0 fully saturated rings. The van der Waals surface area contributed by atoms with Crippen LogP contribution in [0.2, 0.25) is 0 Å². The zero-order chi connectivity index (χ0) is 15.5. The van der Waals surface area contributed by atoms with Gasteiger partial charge in [0.15, 0.2) is 0 Å². The van der Waals surface area contributed by atoms with Gasteiger partial charge in [0.05, 0.1) is 5.69 Å². The number of rotatable bonds is 6. The summed E-state index contributed by atoms with van der Waals surface area (Å²) >= 11 is 8.13. The largest absolute Gasteiger partial charge is 0.312 e. The van der Waals surface area contributed by atoms with Crippen LogP contribution in [0.1, 0.15) is 11.8 Å². The molecular weight excluding hydrogens is 440 g/mol. The van der Waals surface area contributed by atoms with Crippen molar-refractivity contribution < 1.29 is 8.42 Å². The minimum atomic E-state index is -3.59. The number of hydrogen-bond acceptors (Lipinski definition) is 4. The lowest BCUT2D eigenvalue weighted by Gasteiger charge is -2.11. The number of thiophene rings is 1. The van der Waals surface area contributed by atoms with E-state index >= 15 is 0 Å². The second-order valence-electron chi connectivity index (χ2n) is 4.22. The first kappa shape index (κ1) is 17.0. The monoisotopic (exact) mass is 452 g/mol. The van der Waals surface area contributed by atoms with Crippen LogP contribution in [-0.4, -0.2) is 15.0 Å². The standard InChI is InChI=1S/C13H14Br2N2O2S2/c1-2-16-8-12-13(5-6-20-12)21(18,19)17-11-4-3-9(14)7-10(11)15/h3-7,16-17H,2,8H2,1H3. The Morgan fingerprint density at radius 3 is 2.67 bits per heavy atom. The van der Waals surface area contributed by atoms with Crippen LogP contribution >= 0.6 is 43.2 Å². The maximum atomic E-state index is 12.5. The third kappa shape index (κ3) is 4.29. The van der Waals surface area contributed by atoms with Gasteiger partial charge in [-0.05, 0) is 52.1 Å². The molecule has 0 spiro atoms. The molecule has 0 aliphatic heterocycles. The molecule has 0 bridgehead atoms. The van der Waals surface area contributed by atoms with E-state index < -0.39 is 10.0 Å². The molecule has 114 valence electrons. The molecule has 0 saturated carbocycles. The minimum Gasteiger partial charge on any atom is -0.312 e. The maximum absolute atomic E-state index is 12.5. The van der Waals surface area contributed by atoms with Crippen molar-refractivity contribution in [2.75, 3.05) is 11.3 Å². The van der Waals surface area contributed by atoms with Gasteiger partial charge in [-0.1, -0.05) is 22.9 Å². The van der Waals surface area contributed by atoms with E-state index in [1.54, 1.807) is 29.6 Å². The molecule has 1 heterocycles. The predicted octanol–water partition coefficient (Wildman–Crippen LogP) is 4.18. The average Bonchev–Trinajstić information content (AvgIpc) is 2.89. The third-order valence-corrected chi connectivity index (χ3v) is 6.35. The molecule has 4 nitrogen and oxygen atoms in total. The quantitative estimate of drug-likeness (QED) is 0.689. The van der Waals surface area contributed by atoms with Gasteiger partial charge in [0, 0.05) is 20.4 Å². The van der Waals surface area contributed by atoms with Crippen molar-refractivity contribution in [3.8, 4) is 0 Å². The fourth-order valence-electron chi connectivity index (χ4n) is 1.71. The van der Waals surface area contributed by atoms with E-state index in [2.05, 4.69) is 41.9 Å². The molecule has 2 N–H and O–H groups in total. The number of nitrogens with one attached hydrogen (secondary N) is 2. The van der Waals surface area contributed by atoms with Gasteiger partial charge in [-0.25, -0.2) is 8.42 Å². The number of halogens is 2. The van der Waals surface area contributed by atoms with Crippen LogP contribution in [-0.2, 0) is 16.6 Å². The molecule has 8 heteroatoms. The van der Waals surface area contributed by atoms with Crippen LogP contribution in [0.15, 0.2) is 43.5 Å². The van der Waals surface area contributed by atoms with E-state index in [4.69, 9.17) is 0 Å². The van der Waals surface area contributed by atoms with Crippen LogP contribution in [0.25, 0.3) is 0 Å². The second-order valence-corrected chi connectivity index (χ2v) is 8.64. The van der Waals surface area contributed by atoms with Crippen molar-refractivity contribution in [3.63, 3.8) is 0 Å². The Morgan fingerprint density at radius 1 is 1.24 bits per heavy atom. The van der Waals surface area contributed by atoms with E-state index in [0.717, 1.165) is 15.9 Å². The molecule has 1 aromatic carbocycles. The molecule has 2 aromatic rings. The van der Waals surface area contributed by atoms with Gasteiger partial charge in [0.25, 0.3) is 10.0 Å². The van der Waals surface area contributed by atoms with Gasteiger partial charge in [-0.2, -0.15) is 0 Å². The maximum Gasteiger partial charge on any atom is 0.263 e. The normalized spacial score (nSPS) is 11.6. The summed E-state index contributed by atoms with van der Waals surface area (Å²) in [4.78, 5) is 1.13. The van der Waals surface area contributed by atoms with Gasteiger partial charge in [0.2, 0.25) is 0 Å². The molecule has 0 unspecified atom stereocenters. The predicted molar refractivity (Wildman–Crippen MR) is 94.4 cm³/mol. The lowest BCUT2D eigenvalue weighted by molar-refractivity contribution is 0.599. The highest BCUT2D eigenvalue weighted by Crippen LogP contribution is 2.30. The molecule has 2 rings (SSSR count). The summed E-state index contributed by atoms with van der Waals surface area (Å²) in [5.41, 5.74) is 0.513. The highest BCUT2D eigenvalue weighted by Gasteiger charge is 2.20. The number of anilines is 1. The molecule has 1 aromatic heterocycles. The van der Waals surface area contributed by atoms with E-state index in [-0.39, 0.29) is 0 Å². The van der Waals surface area contributed by atoms with Crippen molar-refractivity contribution in [2.24, 2.45) is 0 Å². The molecule has 0 aliphatic rings. The zero-order valence-corrected chi connectivity index (χ0v) is 16.0. The van der Waals surface area contributed by atoms with Crippen LogP contribution in [0.5, 0.6) is 0 Å². The Morgan fingerprint density at radius 2 is 2.00 bits per heavy atom. The highest BCUT2D eigenvalue weighted by molar-refractivity contribution is 9.11. The topological polar surface area (TPSA) is 58.2 Å². The van der Waals surface area contributed by atoms with Gasteiger partial charge in [0.1, 0.15) is 4.90 Å². The number of hydrogen-bond donors (Lipinski definition) is 2. The second kappa shape index (κ2) is 7.23. The molecule has 0 atom stereocenters. The summed E-state index contributed by atoms with van der Waals surface area (Å²) in [5.74, 6) is 0. The van der Waals surface area contributed by atoms with Gasteiger partial charge in [-0.15, -0.1) is 11.3 Å². The first-order valence-corrected chi connectivity index (χ1v) is 10.1. The summed E-state index contributed by atoms with van der Waals surface area (Å²) in [6.07, 6.45) is 0. The molecule has 21 heavy (non-hydrogen) atoms. The smallest absolute Gasteiger partial charge is 0.263 e. The van der Waals surface area contributed by atoms with Crippen molar-refractivity contribution in [1.82, 2.24) is 5.32 Å². The number of benzene rings is 1. The van der Waals surface area contributed by atoms with Crippen LogP contribution < -0.4 is 10.0 Å². The van der Waals surface area contributed by atoms with Crippen molar-refractivity contribution in [3.05, 3.63) is 43.5 Å².